The minimum Gasteiger partial charge on any atom is -0.493 e. The Morgan fingerprint density at radius 3 is 2.76 bits per heavy atom. The second kappa shape index (κ2) is 10.2. The SMILES string of the molecule is COc1ccc(-c2nc(C[S@@](=O)CC(=O)N[C@@H]3CCCc4ccccc43)c(C)o2)cc1OC. The zero-order valence-corrected chi connectivity index (χ0v) is 19.9. The number of nitrogens with one attached hydrogen (secondary N) is 1. The fourth-order valence-electron chi connectivity index (χ4n) is 4.14. The third-order valence-electron chi connectivity index (χ3n) is 5.82. The van der Waals surface area contributed by atoms with Gasteiger partial charge in [-0.1, -0.05) is 24.3 Å². The Labute approximate surface area is 196 Å². The maximum Gasteiger partial charge on any atom is 0.233 e. The molecule has 1 aliphatic rings. The predicted molar refractivity (Wildman–Crippen MR) is 127 cm³/mol. The monoisotopic (exact) mass is 468 g/mol. The highest BCUT2D eigenvalue weighted by atomic mass is 32.2. The normalized spacial score (nSPS) is 16.0. The van der Waals surface area contributed by atoms with Crippen molar-refractivity contribution in [1.29, 1.82) is 0 Å². The second-order valence-electron chi connectivity index (χ2n) is 8.03. The largest absolute Gasteiger partial charge is 0.493 e. The molecule has 2 atom stereocenters. The molecule has 0 unspecified atom stereocenters. The molecule has 0 spiro atoms. The van der Waals surface area contributed by atoms with Crippen molar-refractivity contribution < 1.29 is 22.9 Å². The summed E-state index contributed by atoms with van der Waals surface area (Å²) >= 11 is 0. The number of amides is 1. The second-order valence-corrected chi connectivity index (χ2v) is 9.49. The molecule has 0 aliphatic heterocycles. The molecule has 0 bridgehead atoms. The van der Waals surface area contributed by atoms with Gasteiger partial charge in [0, 0.05) is 16.4 Å². The Morgan fingerprint density at radius 2 is 1.97 bits per heavy atom. The molecule has 1 aliphatic carbocycles. The van der Waals surface area contributed by atoms with Crippen LogP contribution < -0.4 is 14.8 Å². The van der Waals surface area contributed by atoms with Gasteiger partial charge in [-0.25, -0.2) is 4.98 Å². The first-order valence-electron chi connectivity index (χ1n) is 10.9. The van der Waals surface area contributed by atoms with Crippen LogP contribution in [0, 0.1) is 6.92 Å². The molecular weight excluding hydrogens is 440 g/mol. The Bertz CT molecular complexity index is 1170. The van der Waals surface area contributed by atoms with Gasteiger partial charge in [0.2, 0.25) is 11.8 Å². The molecule has 33 heavy (non-hydrogen) atoms. The van der Waals surface area contributed by atoms with E-state index in [1.807, 2.05) is 18.2 Å². The highest BCUT2D eigenvalue weighted by molar-refractivity contribution is 7.84. The van der Waals surface area contributed by atoms with Crippen LogP contribution in [-0.4, -0.2) is 35.1 Å². The number of hydrogen-bond donors (Lipinski definition) is 1. The fraction of sp³-hybridized carbons (Fsp3) is 0.360. The number of ether oxygens (including phenoxy) is 2. The first-order valence-corrected chi connectivity index (χ1v) is 12.4. The van der Waals surface area contributed by atoms with Gasteiger partial charge in [-0.3, -0.25) is 9.00 Å². The van der Waals surface area contributed by atoms with Crippen molar-refractivity contribution in [2.24, 2.45) is 0 Å². The average molecular weight is 469 g/mol. The molecule has 0 fully saturated rings. The van der Waals surface area contributed by atoms with Gasteiger partial charge in [0.05, 0.1) is 31.7 Å². The molecule has 1 N–H and O–H groups in total. The molecule has 2 aromatic carbocycles. The van der Waals surface area contributed by atoms with Gasteiger partial charge in [-0.2, -0.15) is 0 Å². The molecule has 1 heterocycles. The molecule has 7 nitrogen and oxygen atoms in total. The van der Waals surface area contributed by atoms with E-state index in [0.29, 0.717) is 28.8 Å². The van der Waals surface area contributed by atoms with Crippen molar-refractivity contribution in [1.82, 2.24) is 10.3 Å². The lowest BCUT2D eigenvalue weighted by molar-refractivity contribution is -0.119. The lowest BCUT2D eigenvalue weighted by atomic mass is 9.88. The standard InChI is InChI=1S/C25H28N2O5S/c1-16-21(27-25(32-16)18-11-12-22(30-2)23(13-18)31-3)14-33(29)15-24(28)26-20-10-6-8-17-7-4-5-9-19(17)20/h4-5,7,9,11-13,20H,6,8,10,14-15H2,1-3H3,(H,26,28)/t20-,33-/m1/s1. The molecule has 3 aromatic rings. The predicted octanol–water partition coefficient (Wildman–Crippen LogP) is 4.11. The summed E-state index contributed by atoms with van der Waals surface area (Å²) in [5.74, 6) is 2.03. The number of benzene rings is 2. The highest BCUT2D eigenvalue weighted by Crippen LogP contribution is 2.33. The molecule has 174 valence electrons. The van der Waals surface area contributed by atoms with E-state index < -0.39 is 10.8 Å². The van der Waals surface area contributed by atoms with Crippen LogP contribution in [-0.2, 0) is 27.8 Å². The van der Waals surface area contributed by atoms with E-state index in [1.54, 1.807) is 33.3 Å². The fourth-order valence-corrected chi connectivity index (χ4v) is 5.19. The third-order valence-corrected chi connectivity index (χ3v) is 7.00. The lowest BCUT2D eigenvalue weighted by Crippen LogP contribution is -2.34. The number of methoxy groups -OCH3 is 2. The van der Waals surface area contributed by atoms with Crippen molar-refractivity contribution in [3.63, 3.8) is 0 Å². The molecule has 0 saturated heterocycles. The Kier molecular flexibility index (Phi) is 7.13. The number of carbonyl (C=O) groups excluding carboxylic acids is 1. The summed E-state index contributed by atoms with van der Waals surface area (Å²) in [5, 5.41) is 3.06. The van der Waals surface area contributed by atoms with Gasteiger partial charge in [-0.05, 0) is 55.5 Å². The zero-order valence-electron chi connectivity index (χ0n) is 19.1. The topological polar surface area (TPSA) is 90.7 Å². The van der Waals surface area contributed by atoms with Gasteiger partial charge in [0.25, 0.3) is 0 Å². The number of oxazole rings is 1. The van der Waals surface area contributed by atoms with Crippen LogP contribution in [0.25, 0.3) is 11.5 Å². The average Bonchev–Trinajstić information content (AvgIpc) is 3.18. The number of aryl methyl sites for hydroxylation is 2. The molecule has 8 heteroatoms. The van der Waals surface area contributed by atoms with Crippen LogP contribution in [0.15, 0.2) is 46.9 Å². The molecule has 0 saturated carbocycles. The summed E-state index contributed by atoms with van der Waals surface area (Å²) < 4.78 is 29.1. The number of rotatable bonds is 8. The van der Waals surface area contributed by atoms with Gasteiger partial charge in [0.1, 0.15) is 11.5 Å². The first kappa shape index (κ1) is 23.0. The van der Waals surface area contributed by atoms with E-state index in [9.17, 15) is 9.00 Å². The number of carbonyl (C=O) groups is 1. The molecule has 4 rings (SSSR count). The van der Waals surface area contributed by atoms with Gasteiger partial charge in [-0.15, -0.1) is 0 Å². The van der Waals surface area contributed by atoms with Gasteiger partial charge < -0.3 is 19.2 Å². The van der Waals surface area contributed by atoms with Crippen LogP contribution in [0.1, 0.15) is 41.5 Å². The Hall–Kier alpha value is -3.13. The van der Waals surface area contributed by atoms with E-state index >= 15 is 0 Å². The zero-order chi connectivity index (χ0) is 23.4. The van der Waals surface area contributed by atoms with Crippen LogP contribution >= 0.6 is 0 Å². The van der Waals surface area contributed by atoms with Crippen LogP contribution in [0.3, 0.4) is 0 Å². The number of hydrogen-bond acceptors (Lipinski definition) is 6. The van der Waals surface area contributed by atoms with Crippen LogP contribution in [0.4, 0.5) is 0 Å². The minimum absolute atomic E-state index is 0.0232. The van der Waals surface area contributed by atoms with Gasteiger partial charge >= 0.3 is 0 Å². The minimum atomic E-state index is -1.41. The summed E-state index contributed by atoms with van der Waals surface area (Å²) in [6.07, 6.45) is 2.96. The van der Waals surface area contributed by atoms with Crippen LogP contribution in [0.5, 0.6) is 11.5 Å². The number of nitrogens with zero attached hydrogens (tertiary/aromatic N) is 1. The van der Waals surface area contributed by atoms with Gasteiger partial charge in [0.15, 0.2) is 11.5 Å². The van der Waals surface area contributed by atoms with Crippen molar-refractivity contribution in [3.05, 3.63) is 65.0 Å². The Balaban J connectivity index is 1.39. The number of aromatic nitrogens is 1. The summed E-state index contributed by atoms with van der Waals surface area (Å²) in [7, 11) is 1.73. The van der Waals surface area contributed by atoms with E-state index in [0.717, 1.165) is 30.4 Å². The maximum atomic E-state index is 12.7. The third kappa shape index (κ3) is 5.27. The highest BCUT2D eigenvalue weighted by Gasteiger charge is 2.23. The van der Waals surface area contributed by atoms with E-state index in [4.69, 9.17) is 13.9 Å². The van der Waals surface area contributed by atoms with E-state index in [1.165, 1.54) is 5.56 Å². The van der Waals surface area contributed by atoms with Crippen molar-refractivity contribution in [3.8, 4) is 23.0 Å². The molecule has 1 aromatic heterocycles. The smallest absolute Gasteiger partial charge is 0.233 e. The van der Waals surface area contributed by atoms with Crippen molar-refractivity contribution in [2.75, 3.05) is 20.0 Å². The summed E-state index contributed by atoms with van der Waals surface area (Å²) in [5.41, 5.74) is 3.74. The maximum absolute atomic E-state index is 12.7. The quantitative estimate of drug-likeness (QED) is 0.535. The summed E-state index contributed by atoms with van der Waals surface area (Å²) in [6, 6.07) is 13.5. The van der Waals surface area contributed by atoms with E-state index in [2.05, 4.69) is 22.4 Å². The van der Waals surface area contributed by atoms with E-state index in [-0.39, 0.29) is 23.5 Å². The van der Waals surface area contributed by atoms with Crippen molar-refractivity contribution >= 4 is 16.7 Å². The first-order chi connectivity index (χ1) is 16.0. The van der Waals surface area contributed by atoms with Crippen molar-refractivity contribution in [2.45, 2.75) is 38.0 Å². The lowest BCUT2D eigenvalue weighted by Gasteiger charge is -2.26. The Morgan fingerprint density at radius 1 is 1.18 bits per heavy atom. The molecule has 1 amide bonds. The molecular formula is C25H28N2O5S. The summed E-state index contributed by atoms with van der Waals surface area (Å²) in [6.45, 7) is 1.78. The molecule has 0 radical (unpaired) electrons. The van der Waals surface area contributed by atoms with Crippen LogP contribution in [0.2, 0.25) is 0 Å². The summed E-state index contributed by atoms with van der Waals surface area (Å²) in [4.78, 5) is 17.1. The number of fused-ring (bicyclic) bond motifs is 1.